The molecule has 0 aliphatic heterocycles. The average molecular weight is 299 g/mol. The third kappa shape index (κ3) is 3.44. The lowest BCUT2D eigenvalue weighted by molar-refractivity contribution is -0.137. The SMILES string of the molecule is N=C(N)c1cnc(Sc2ccc(C(F)(F)F)cn2)cn1. The Morgan fingerprint density at radius 3 is 2.20 bits per heavy atom. The standard InChI is InChI=1S/C11H8F3N5S/c12-11(13,14)6-1-2-8(18-3-6)20-9-5-17-7(4-19-9)10(15)16/h1-5H,(H3,15,16). The summed E-state index contributed by atoms with van der Waals surface area (Å²) in [6.45, 7) is 0. The molecule has 3 N–H and O–H groups in total. The maximum absolute atomic E-state index is 12.4. The van der Waals surface area contributed by atoms with Crippen LogP contribution in [0.15, 0.2) is 40.8 Å². The van der Waals surface area contributed by atoms with Crippen molar-refractivity contribution in [2.75, 3.05) is 0 Å². The molecule has 20 heavy (non-hydrogen) atoms. The van der Waals surface area contributed by atoms with E-state index in [-0.39, 0.29) is 11.5 Å². The molecule has 0 atom stereocenters. The number of rotatable bonds is 3. The van der Waals surface area contributed by atoms with Crippen molar-refractivity contribution in [2.24, 2.45) is 5.73 Å². The van der Waals surface area contributed by atoms with E-state index in [1.807, 2.05) is 0 Å². The zero-order valence-electron chi connectivity index (χ0n) is 9.85. The van der Waals surface area contributed by atoms with Gasteiger partial charge in [0.1, 0.15) is 21.6 Å². The van der Waals surface area contributed by atoms with E-state index in [0.29, 0.717) is 10.1 Å². The van der Waals surface area contributed by atoms with Crippen molar-refractivity contribution in [3.05, 3.63) is 42.0 Å². The topological polar surface area (TPSA) is 88.5 Å². The molecule has 5 nitrogen and oxygen atoms in total. The molecule has 0 aliphatic carbocycles. The quantitative estimate of drug-likeness (QED) is 0.670. The Morgan fingerprint density at radius 2 is 1.75 bits per heavy atom. The summed E-state index contributed by atoms with van der Waals surface area (Å²) in [4.78, 5) is 11.6. The molecule has 2 aromatic heterocycles. The van der Waals surface area contributed by atoms with E-state index in [4.69, 9.17) is 11.1 Å². The van der Waals surface area contributed by atoms with E-state index in [1.165, 1.54) is 18.5 Å². The molecular weight excluding hydrogens is 291 g/mol. The second-order valence-corrected chi connectivity index (χ2v) is 4.68. The number of nitrogen functional groups attached to an aromatic ring is 1. The van der Waals surface area contributed by atoms with Crippen molar-refractivity contribution >= 4 is 17.6 Å². The Bertz CT molecular complexity index is 609. The molecule has 2 heterocycles. The Kier molecular flexibility index (Phi) is 3.89. The van der Waals surface area contributed by atoms with Gasteiger partial charge in [-0.05, 0) is 23.9 Å². The van der Waals surface area contributed by atoms with Crippen LogP contribution in [0.3, 0.4) is 0 Å². The number of nitrogens with one attached hydrogen (secondary N) is 1. The fourth-order valence-electron chi connectivity index (χ4n) is 1.22. The minimum atomic E-state index is -4.40. The van der Waals surface area contributed by atoms with Crippen LogP contribution in [0, 0.1) is 5.41 Å². The molecule has 0 radical (unpaired) electrons. The van der Waals surface area contributed by atoms with Crippen molar-refractivity contribution in [3.8, 4) is 0 Å². The van der Waals surface area contributed by atoms with Crippen molar-refractivity contribution in [1.82, 2.24) is 15.0 Å². The Balaban J connectivity index is 2.12. The zero-order valence-corrected chi connectivity index (χ0v) is 10.7. The van der Waals surface area contributed by atoms with Gasteiger partial charge < -0.3 is 5.73 Å². The fourth-order valence-corrected chi connectivity index (χ4v) is 1.89. The third-order valence-electron chi connectivity index (χ3n) is 2.18. The minimum absolute atomic E-state index is 0.207. The van der Waals surface area contributed by atoms with Crippen LogP contribution in [0.2, 0.25) is 0 Å². The smallest absolute Gasteiger partial charge is 0.382 e. The zero-order chi connectivity index (χ0) is 14.8. The molecule has 9 heteroatoms. The first-order chi connectivity index (χ1) is 9.36. The normalized spacial score (nSPS) is 11.3. The van der Waals surface area contributed by atoms with Gasteiger partial charge in [0, 0.05) is 6.20 Å². The Hall–Kier alpha value is -2.16. The first-order valence-corrected chi connectivity index (χ1v) is 6.05. The number of alkyl halides is 3. The van der Waals surface area contributed by atoms with Crippen LogP contribution in [0.1, 0.15) is 11.3 Å². The molecule has 2 rings (SSSR count). The summed E-state index contributed by atoms with van der Waals surface area (Å²) in [5.74, 6) is -0.207. The summed E-state index contributed by atoms with van der Waals surface area (Å²) < 4.78 is 37.1. The lowest BCUT2D eigenvalue weighted by Gasteiger charge is -2.06. The van der Waals surface area contributed by atoms with Gasteiger partial charge >= 0.3 is 6.18 Å². The molecule has 104 valence electrons. The molecule has 0 saturated carbocycles. The predicted molar refractivity (Wildman–Crippen MR) is 66.4 cm³/mol. The molecule has 0 amide bonds. The summed E-state index contributed by atoms with van der Waals surface area (Å²) in [5.41, 5.74) is 4.65. The number of hydrogen-bond donors (Lipinski definition) is 2. The van der Waals surface area contributed by atoms with E-state index >= 15 is 0 Å². The third-order valence-corrected chi connectivity index (χ3v) is 3.05. The summed E-state index contributed by atoms with van der Waals surface area (Å²) in [5, 5.41) is 7.97. The highest BCUT2D eigenvalue weighted by Crippen LogP contribution is 2.30. The van der Waals surface area contributed by atoms with Crippen molar-refractivity contribution < 1.29 is 13.2 Å². The van der Waals surface area contributed by atoms with E-state index in [9.17, 15) is 13.2 Å². The molecule has 0 aromatic carbocycles. The number of nitrogens with zero attached hydrogens (tertiary/aromatic N) is 3. The second kappa shape index (κ2) is 5.45. The first-order valence-electron chi connectivity index (χ1n) is 5.24. The lowest BCUT2D eigenvalue weighted by Crippen LogP contribution is -2.13. The molecule has 0 spiro atoms. The van der Waals surface area contributed by atoms with Gasteiger partial charge in [0.2, 0.25) is 0 Å². The lowest BCUT2D eigenvalue weighted by atomic mass is 10.3. The predicted octanol–water partition coefficient (Wildman–Crippen LogP) is 2.33. The average Bonchev–Trinajstić information content (AvgIpc) is 2.39. The summed E-state index contributed by atoms with van der Waals surface area (Å²) >= 11 is 1.06. The van der Waals surface area contributed by atoms with Crippen molar-refractivity contribution in [3.63, 3.8) is 0 Å². The summed E-state index contributed by atoms with van der Waals surface area (Å²) in [6, 6.07) is 2.21. The van der Waals surface area contributed by atoms with Gasteiger partial charge in [-0.25, -0.2) is 15.0 Å². The monoisotopic (exact) mass is 299 g/mol. The highest BCUT2D eigenvalue weighted by molar-refractivity contribution is 7.99. The van der Waals surface area contributed by atoms with E-state index in [1.54, 1.807) is 0 Å². The number of halogens is 3. The highest BCUT2D eigenvalue weighted by atomic mass is 32.2. The van der Waals surface area contributed by atoms with Gasteiger partial charge in [0.05, 0.1) is 18.0 Å². The largest absolute Gasteiger partial charge is 0.417 e. The van der Waals surface area contributed by atoms with E-state index < -0.39 is 11.7 Å². The fraction of sp³-hybridized carbons (Fsp3) is 0.0909. The van der Waals surface area contributed by atoms with Crippen LogP contribution in [0.25, 0.3) is 0 Å². The van der Waals surface area contributed by atoms with Gasteiger partial charge in [-0.2, -0.15) is 13.2 Å². The molecule has 0 aliphatic rings. The maximum atomic E-state index is 12.4. The van der Waals surface area contributed by atoms with Crippen molar-refractivity contribution in [2.45, 2.75) is 16.2 Å². The van der Waals surface area contributed by atoms with Crippen LogP contribution >= 0.6 is 11.8 Å². The number of amidine groups is 1. The van der Waals surface area contributed by atoms with Crippen LogP contribution in [-0.2, 0) is 6.18 Å². The first kappa shape index (κ1) is 14.3. The van der Waals surface area contributed by atoms with Gasteiger partial charge in [0.25, 0.3) is 0 Å². The molecular formula is C11H8F3N5S. The van der Waals surface area contributed by atoms with Gasteiger partial charge in [-0.1, -0.05) is 0 Å². The van der Waals surface area contributed by atoms with Crippen LogP contribution in [-0.4, -0.2) is 20.8 Å². The van der Waals surface area contributed by atoms with Crippen LogP contribution in [0.4, 0.5) is 13.2 Å². The maximum Gasteiger partial charge on any atom is 0.417 e. The number of nitrogens with two attached hydrogens (primary N) is 1. The highest BCUT2D eigenvalue weighted by Gasteiger charge is 2.30. The van der Waals surface area contributed by atoms with Crippen LogP contribution < -0.4 is 5.73 Å². The molecule has 2 aromatic rings. The molecule has 0 bridgehead atoms. The number of aromatic nitrogens is 3. The van der Waals surface area contributed by atoms with Crippen molar-refractivity contribution in [1.29, 1.82) is 5.41 Å². The van der Waals surface area contributed by atoms with Gasteiger partial charge in [0.15, 0.2) is 0 Å². The number of hydrogen-bond acceptors (Lipinski definition) is 5. The van der Waals surface area contributed by atoms with Crippen LogP contribution in [0.5, 0.6) is 0 Å². The van der Waals surface area contributed by atoms with Gasteiger partial charge in [-0.3, -0.25) is 5.41 Å². The Labute approximate surface area is 116 Å². The molecule has 0 unspecified atom stereocenters. The van der Waals surface area contributed by atoms with Gasteiger partial charge in [-0.15, -0.1) is 0 Å². The summed E-state index contributed by atoms with van der Waals surface area (Å²) in [6.07, 6.45) is -0.950. The summed E-state index contributed by atoms with van der Waals surface area (Å²) in [7, 11) is 0. The Morgan fingerprint density at radius 1 is 1.05 bits per heavy atom. The number of pyridine rings is 1. The van der Waals surface area contributed by atoms with E-state index in [0.717, 1.165) is 24.0 Å². The minimum Gasteiger partial charge on any atom is -0.382 e. The second-order valence-electron chi connectivity index (χ2n) is 3.64. The molecule has 0 saturated heterocycles. The van der Waals surface area contributed by atoms with E-state index in [2.05, 4.69) is 15.0 Å². The molecule has 0 fully saturated rings.